The van der Waals surface area contributed by atoms with Gasteiger partial charge in [0, 0.05) is 17.8 Å². The number of nitrogens with one attached hydrogen (secondary N) is 1. The summed E-state index contributed by atoms with van der Waals surface area (Å²) in [6, 6.07) is 2.59. The summed E-state index contributed by atoms with van der Waals surface area (Å²) < 4.78 is 2.15. The molecule has 0 aliphatic rings. The lowest BCUT2D eigenvalue weighted by atomic mass is 10.1. The lowest BCUT2D eigenvalue weighted by molar-refractivity contribution is 0.341. The maximum absolute atomic E-state index is 4.56. The molecule has 0 radical (unpaired) electrons. The highest BCUT2D eigenvalue weighted by molar-refractivity contribution is 5.07. The van der Waals surface area contributed by atoms with Gasteiger partial charge in [0.25, 0.3) is 0 Å². The lowest BCUT2D eigenvalue weighted by Crippen LogP contribution is -2.40. The fraction of sp³-hybridized carbons (Fsp3) is 0.769. The summed E-state index contributed by atoms with van der Waals surface area (Å²) in [6.07, 6.45) is 1.10. The molecule has 1 aromatic heterocycles. The van der Waals surface area contributed by atoms with Crippen LogP contribution in [0.15, 0.2) is 6.07 Å². The van der Waals surface area contributed by atoms with Crippen molar-refractivity contribution in [1.82, 2.24) is 15.1 Å². The van der Waals surface area contributed by atoms with Crippen LogP contribution in [0.4, 0.5) is 0 Å². The van der Waals surface area contributed by atoms with Crippen LogP contribution in [0.3, 0.4) is 0 Å². The smallest absolute Gasteiger partial charge is 0.0644 e. The first-order valence-electron chi connectivity index (χ1n) is 6.11. The maximum Gasteiger partial charge on any atom is 0.0644 e. The van der Waals surface area contributed by atoms with Crippen molar-refractivity contribution in [3.05, 3.63) is 17.5 Å². The largest absolute Gasteiger partial charge is 0.310 e. The van der Waals surface area contributed by atoms with Crippen LogP contribution in [0, 0.1) is 13.8 Å². The van der Waals surface area contributed by atoms with Crippen molar-refractivity contribution in [3.63, 3.8) is 0 Å². The molecule has 0 aliphatic carbocycles. The third-order valence-electron chi connectivity index (χ3n) is 2.73. The normalized spacial score (nSPS) is 14.1. The minimum Gasteiger partial charge on any atom is -0.310 e. The Morgan fingerprint density at radius 3 is 2.38 bits per heavy atom. The number of aryl methyl sites for hydroxylation is 2. The Labute approximate surface area is 99.2 Å². The van der Waals surface area contributed by atoms with Crippen molar-refractivity contribution in [3.8, 4) is 0 Å². The molecule has 1 rings (SSSR count). The number of nitrogens with zero attached hydrogens (tertiary/aromatic N) is 2. The van der Waals surface area contributed by atoms with Crippen molar-refractivity contribution in [1.29, 1.82) is 0 Å². The van der Waals surface area contributed by atoms with E-state index in [2.05, 4.69) is 55.8 Å². The Kier molecular flexibility index (Phi) is 4.14. The summed E-state index contributed by atoms with van der Waals surface area (Å²) in [6.45, 7) is 13.9. The van der Waals surface area contributed by atoms with E-state index in [-0.39, 0.29) is 5.54 Å². The summed E-state index contributed by atoms with van der Waals surface area (Å²) in [5.41, 5.74) is 2.52. The van der Waals surface area contributed by atoms with E-state index < -0.39 is 0 Å². The Morgan fingerprint density at radius 1 is 1.38 bits per heavy atom. The van der Waals surface area contributed by atoms with E-state index in [1.807, 2.05) is 6.92 Å². The van der Waals surface area contributed by atoms with Crippen LogP contribution in [-0.2, 0) is 0 Å². The average molecular weight is 223 g/mol. The molecule has 0 saturated heterocycles. The van der Waals surface area contributed by atoms with E-state index in [4.69, 9.17) is 0 Å². The van der Waals surface area contributed by atoms with Crippen LogP contribution in [-0.4, -0.2) is 21.9 Å². The molecule has 1 unspecified atom stereocenters. The fourth-order valence-corrected chi connectivity index (χ4v) is 1.84. The minimum atomic E-state index is 0.170. The number of rotatable bonds is 4. The van der Waals surface area contributed by atoms with Gasteiger partial charge >= 0.3 is 0 Å². The summed E-state index contributed by atoms with van der Waals surface area (Å²) >= 11 is 0. The van der Waals surface area contributed by atoms with E-state index in [1.165, 1.54) is 5.69 Å². The average Bonchev–Trinajstić information content (AvgIpc) is 2.45. The third-order valence-corrected chi connectivity index (χ3v) is 2.73. The van der Waals surface area contributed by atoms with Crippen LogP contribution < -0.4 is 5.32 Å². The van der Waals surface area contributed by atoms with Gasteiger partial charge in [-0.05, 0) is 47.1 Å². The first kappa shape index (κ1) is 13.2. The zero-order valence-electron chi connectivity index (χ0n) is 11.5. The number of hydrogen-bond acceptors (Lipinski definition) is 2. The minimum absolute atomic E-state index is 0.170. The molecule has 0 aliphatic heterocycles. The second kappa shape index (κ2) is 5.00. The van der Waals surface area contributed by atoms with Gasteiger partial charge in [0.05, 0.1) is 11.7 Å². The molecule has 0 saturated carbocycles. The molecule has 1 N–H and O–H groups in total. The molecule has 0 aromatic carbocycles. The fourth-order valence-electron chi connectivity index (χ4n) is 1.84. The summed E-state index contributed by atoms with van der Waals surface area (Å²) in [5, 5.41) is 8.11. The molecular formula is C13H25N3. The zero-order chi connectivity index (χ0) is 12.3. The molecule has 3 nitrogen and oxygen atoms in total. The van der Waals surface area contributed by atoms with Crippen molar-refractivity contribution >= 4 is 0 Å². The van der Waals surface area contributed by atoms with Crippen molar-refractivity contribution in [2.45, 2.75) is 59.5 Å². The standard InChI is InChI=1S/C13H25N3/c1-7-12(9-14-13(4,5)6)16-11(3)8-10(2)15-16/h8,12,14H,7,9H2,1-6H3. The Balaban J connectivity index is 2.71. The van der Waals surface area contributed by atoms with E-state index in [0.29, 0.717) is 6.04 Å². The zero-order valence-corrected chi connectivity index (χ0v) is 11.5. The Bertz CT molecular complexity index is 333. The lowest BCUT2D eigenvalue weighted by Gasteiger charge is -2.25. The number of aromatic nitrogens is 2. The topological polar surface area (TPSA) is 29.9 Å². The van der Waals surface area contributed by atoms with Crippen molar-refractivity contribution in [2.24, 2.45) is 0 Å². The molecule has 16 heavy (non-hydrogen) atoms. The van der Waals surface area contributed by atoms with Crippen LogP contribution in [0.1, 0.15) is 51.5 Å². The van der Waals surface area contributed by atoms with E-state index in [9.17, 15) is 0 Å². The van der Waals surface area contributed by atoms with Gasteiger partial charge in [0.1, 0.15) is 0 Å². The van der Waals surface area contributed by atoms with Gasteiger partial charge in [-0.25, -0.2) is 0 Å². The monoisotopic (exact) mass is 223 g/mol. The second-order valence-electron chi connectivity index (χ2n) is 5.56. The first-order valence-corrected chi connectivity index (χ1v) is 6.11. The van der Waals surface area contributed by atoms with Gasteiger partial charge in [-0.2, -0.15) is 5.10 Å². The molecular weight excluding hydrogens is 198 g/mol. The third kappa shape index (κ3) is 3.63. The van der Waals surface area contributed by atoms with E-state index in [1.54, 1.807) is 0 Å². The van der Waals surface area contributed by atoms with Crippen LogP contribution in [0.5, 0.6) is 0 Å². The molecule has 3 heteroatoms. The molecule has 1 heterocycles. The molecule has 1 atom stereocenters. The summed E-state index contributed by atoms with van der Waals surface area (Å²) in [4.78, 5) is 0. The second-order valence-corrected chi connectivity index (χ2v) is 5.56. The SMILES string of the molecule is CCC(CNC(C)(C)C)n1nc(C)cc1C. The summed E-state index contributed by atoms with van der Waals surface area (Å²) in [7, 11) is 0. The highest BCUT2D eigenvalue weighted by Crippen LogP contribution is 2.15. The van der Waals surface area contributed by atoms with E-state index in [0.717, 1.165) is 18.7 Å². The van der Waals surface area contributed by atoms with Crippen molar-refractivity contribution in [2.75, 3.05) is 6.54 Å². The van der Waals surface area contributed by atoms with Crippen LogP contribution in [0.25, 0.3) is 0 Å². The molecule has 92 valence electrons. The van der Waals surface area contributed by atoms with Crippen molar-refractivity contribution < 1.29 is 0 Å². The van der Waals surface area contributed by atoms with Gasteiger partial charge in [-0.3, -0.25) is 4.68 Å². The van der Waals surface area contributed by atoms with Gasteiger partial charge < -0.3 is 5.32 Å². The predicted octanol–water partition coefficient (Wildman–Crippen LogP) is 2.84. The Hall–Kier alpha value is -0.830. The highest BCUT2D eigenvalue weighted by atomic mass is 15.3. The first-order chi connectivity index (χ1) is 7.33. The van der Waals surface area contributed by atoms with Crippen LogP contribution in [0.2, 0.25) is 0 Å². The quantitative estimate of drug-likeness (QED) is 0.850. The molecule has 0 bridgehead atoms. The van der Waals surface area contributed by atoms with Crippen LogP contribution >= 0.6 is 0 Å². The number of hydrogen-bond donors (Lipinski definition) is 1. The highest BCUT2D eigenvalue weighted by Gasteiger charge is 2.16. The molecule has 1 aromatic rings. The van der Waals surface area contributed by atoms with Gasteiger partial charge in [0.2, 0.25) is 0 Å². The molecule has 0 fully saturated rings. The van der Waals surface area contributed by atoms with Gasteiger partial charge in [-0.15, -0.1) is 0 Å². The molecule has 0 amide bonds. The van der Waals surface area contributed by atoms with Gasteiger partial charge in [0.15, 0.2) is 0 Å². The van der Waals surface area contributed by atoms with Gasteiger partial charge in [-0.1, -0.05) is 6.92 Å². The maximum atomic E-state index is 4.56. The predicted molar refractivity (Wildman–Crippen MR) is 68.8 cm³/mol. The summed E-state index contributed by atoms with van der Waals surface area (Å²) in [5.74, 6) is 0. The molecule has 0 spiro atoms. The van der Waals surface area contributed by atoms with E-state index >= 15 is 0 Å². The Morgan fingerprint density at radius 2 is 2.00 bits per heavy atom.